The molecule has 1 amide bonds. The van der Waals surface area contributed by atoms with Crippen LogP contribution in [-0.2, 0) is 9.59 Å². The molecule has 0 aromatic heterocycles. The van der Waals surface area contributed by atoms with Crippen molar-refractivity contribution in [2.75, 3.05) is 25.0 Å². The Morgan fingerprint density at radius 1 is 1.29 bits per heavy atom. The highest BCUT2D eigenvalue weighted by Gasteiger charge is 2.42. The lowest BCUT2D eigenvalue weighted by Gasteiger charge is -2.41. The summed E-state index contributed by atoms with van der Waals surface area (Å²) in [6.07, 6.45) is 2.41. The maximum atomic E-state index is 12.4. The van der Waals surface area contributed by atoms with Crippen molar-refractivity contribution in [1.82, 2.24) is 4.90 Å². The van der Waals surface area contributed by atoms with Crippen molar-refractivity contribution >= 4 is 17.6 Å². The monoisotopic (exact) mass is 290 g/mol. The number of amides is 1. The van der Waals surface area contributed by atoms with Crippen LogP contribution in [0.25, 0.3) is 0 Å². The van der Waals surface area contributed by atoms with Gasteiger partial charge < -0.3 is 10.0 Å². The van der Waals surface area contributed by atoms with E-state index in [1.807, 2.05) is 30.3 Å². The first-order valence-corrected chi connectivity index (χ1v) is 7.25. The van der Waals surface area contributed by atoms with E-state index in [2.05, 4.69) is 0 Å². The first-order valence-electron chi connectivity index (χ1n) is 7.25. The van der Waals surface area contributed by atoms with Crippen LogP contribution in [0.2, 0.25) is 0 Å². The van der Waals surface area contributed by atoms with Gasteiger partial charge >= 0.3 is 5.97 Å². The molecule has 114 valence electrons. The summed E-state index contributed by atoms with van der Waals surface area (Å²) >= 11 is 0. The van der Waals surface area contributed by atoms with E-state index in [1.165, 1.54) is 0 Å². The van der Waals surface area contributed by atoms with E-state index in [0.29, 0.717) is 13.0 Å². The normalized spacial score (nSPS) is 22.8. The molecule has 0 radical (unpaired) electrons. The van der Waals surface area contributed by atoms with Crippen LogP contribution in [0.4, 0.5) is 5.69 Å². The number of nitrogens with zero attached hydrogens (tertiary/aromatic N) is 2. The lowest BCUT2D eigenvalue weighted by Crippen LogP contribution is -2.57. The molecule has 2 rings (SSSR count). The molecular formula is C16H22N2O3. The number of rotatable bonds is 4. The Bertz CT molecular complexity index is 518. The molecule has 1 heterocycles. The number of anilines is 1. The van der Waals surface area contributed by atoms with E-state index >= 15 is 0 Å². The number of hydrogen-bond donors (Lipinski definition) is 1. The third-order valence-electron chi connectivity index (χ3n) is 4.34. The van der Waals surface area contributed by atoms with E-state index in [1.54, 1.807) is 23.8 Å². The summed E-state index contributed by atoms with van der Waals surface area (Å²) in [6.45, 7) is 2.50. The molecule has 21 heavy (non-hydrogen) atoms. The van der Waals surface area contributed by atoms with Gasteiger partial charge in [-0.25, -0.2) is 0 Å². The SMILES string of the molecule is CN(C(=O)CN1CCCCC1(C)C(=O)O)c1ccccc1. The second-order valence-corrected chi connectivity index (χ2v) is 5.75. The summed E-state index contributed by atoms with van der Waals surface area (Å²) in [6, 6.07) is 9.38. The summed E-state index contributed by atoms with van der Waals surface area (Å²) in [4.78, 5) is 27.3. The number of para-hydroxylation sites is 1. The van der Waals surface area contributed by atoms with Crippen LogP contribution in [0.1, 0.15) is 26.2 Å². The van der Waals surface area contributed by atoms with E-state index in [9.17, 15) is 14.7 Å². The van der Waals surface area contributed by atoms with Gasteiger partial charge in [0.15, 0.2) is 0 Å². The average Bonchev–Trinajstić information content (AvgIpc) is 2.49. The smallest absolute Gasteiger partial charge is 0.323 e. The molecule has 1 aliphatic heterocycles. The summed E-state index contributed by atoms with van der Waals surface area (Å²) in [5, 5.41) is 9.47. The molecule has 1 aromatic rings. The predicted octanol–water partition coefficient (Wildman–Crippen LogP) is 1.98. The van der Waals surface area contributed by atoms with Crippen molar-refractivity contribution in [1.29, 1.82) is 0 Å². The van der Waals surface area contributed by atoms with Gasteiger partial charge in [0.05, 0.1) is 6.54 Å². The number of aliphatic carboxylic acids is 1. The number of carboxylic acids is 1. The number of benzene rings is 1. The Balaban J connectivity index is 2.09. The van der Waals surface area contributed by atoms with Gasteiger partial charge in [0.25, 0.3) is 0 Å². The molecule has 1 saturated heterocycles. The molecule has 0 aliphatic carbocycles. The molecule has 1 unspecified atom stereocenters. The summed E-state index contributed by atoms with van der Waals surface area (Å²) in [5.41, 5.74) is -0.123. The van der Waals surface area contributed by atoms with Crippen molar-refractivity contribution in [2.24, 2.45) is 0 Å². The first-order chi connectivity index (χ1) is 9.95. The number of likely N-dealkylation sites (N-methyl/N-ethyl adjacent to an activating group) is 1. The van der Waals surface area contributed by atoms with Crippen molar-refractivity contribution in [2.45, 2.75) is 31.7 Å². The quantitative estimate of drug-likeness (QED) is 0.921. The van der Waals surface area contributed by atoms with Gasteiger partial charge in [-0.05, 0) is 44.9 Å². The molecule has 1 aromatic carbocycles. The zero-order valence-electron chi connectivity index (χ0n) is 12.6. The highest BCUT2D eigenvalue weighted by molar-refractivity contribution is 5.94. The maximum absolute atomic E-state index is 12.4. The van der Waals surface area contributed by atoms with Gasteiger partial charge in [-0.3, -0.25) is 14.5 Å². The minimum absolute atomic E-state index is 0.0874. The topological polar surface area (TPSA) is 60.9 Å². The van der Waals surface area contributed by atoms with Gasteiger partial charge in [0.1, 0.15) is 5.54 Å². The summed E-state index contributed by atoms with van der Waals surface area (Å²) in [5.74, 6) is -0.937. The second kappa shape index (κ2) is 6.26. The Morgan fingerprint density at radius 3 is 2.57 bits per heavy atom. The van der Waals surface area contributed by atoms with Crippen molar-refractivity contribution in [3.63, 3.8) is 0 Å². The zero-order valence-corrected chi connectivity index (χ0v) is 12.6. The highest BCUT2D eigenvalue weighted by atomic mass is 16.4. The van der Waals surface area contributed by atoms with Gasteiger partial charge in [-0.2, -0.15) is 0 Å². The second-order valence-electron chi connectivity index (χ2n) is 5.75. The fourth-order valence-electron chi connectivity index (χ4n) is 2.74. The number of likely N-dealkylation sites (tertiary alicyclic amines) is 1. The van der Waals surface area contributed by atoms with Crippen LogP contribution in [0, 0.1) is 0 Å². The van der Waals surface area contributed by atoms with Crippen LogP contribution in [0.15, 0.2) is 30.3 Å². The van der Waals surface area contributed by atoms with Crippen LogP contribution in [-0.4, -0.2) is 47.6 Å². The number of carboxylic acid groups (broad SMARTS) is 1. The van der Waals surface area contributed by atoms with E-state index in [0.717, 1.165) is 18.5 Å². The standard InChI is InChI=1S/C16H22N2O3/c1-16(15(20)21)10-6-7-11-18(16)12-14(19)17(2)13-8-4-3-5-9-13/h3-5,8-9H,6-7,10-12H2,1-2H3,(H,20,21). The number of hydrogen-bond acceptors (Lipinski definition) is 3. The summed E-state index contributed by atoms with van der Waals surface area (Å²) in [7, 11) is 1.72. The molecule has 0 spiro atoms. The van der Waals surface area contributed by atoms with Crippen molar-refractivity contribution in [3.05, 3.63) is 30.3 Å². The largest absolute Gasteiger partial charge is 0.480 e. The number of carbonyl (C=O) groups excluding carboxylic acids is 1. The first kappa shape index (κ1) is 15.5. The molecule has 0 bridgehead atoms. The minimum Gasteiger partial charge on any atom is -0.480 e. The summed E-state index contributed by atoms with van der Waals surface area (Å²) < 4.78 is 0. The molecule has 1 atom stereocenters. The average molecular weight is 290 g/mol. The lowest BCUT2D eigenvalue weighted by atomic mass is 9.88. The lowest BCUT2D eigenvalue weighted by molar-refractivity contribution is -0.153. The fraction of sp³-hybridized carbons (Fsp3) is 0.500. The van der Waals surface area contributed by atoms with Crippen LogP contribution >= 0.6 is 0 Å². The Hall–Kier alpha value is -1.88. The van der Waals surface area contributed by atoms with Gasteiger partial charge in [-0.1, -0.05) is 18.2 Å². The number of carbonyl (C=O) groups is 2. The molecule has 1 aliphatic rings. The van der Waals surface area contributed by atoms with Gasteiger partial charge in [0, 0.05) is 12.7 Å². The van der Waals surface area contributed by atoms with E-state index in [-0.39, 0.29) is 12.5 Å². The molecule has 1 fully saturated rings. The molecule has 0 saturated carbocycles. The van der Waals surface area contributed by atoms with Crippen molar-refractivity contribution in [3.8, 4) is 0 Å². The Kier molecular flexibility index (Phi) is 4.63. The van der Waals surface area contributed by atoms with Crippen molar-refractivity contribution < 1.29 is 14.7 Å². The molecule has 5 heteroatoms. The maximum Gasteiger partial charge on any atom is 0.323 e. The molecule has 1 N–H and O–H groups in total. The van der Waals surface area contributed by atoms with Crippen LogP contribution in [0.3, 0.4) is 0 Å². The third-order valence-corrected chi connectivity index (χ3v) is 4.34. The molecular weight excluding hydrogens is 268 g/mol. The Labute approximate surface area is 125 Å². The van der Waals surface area contributed by atoms with Crippen LogP contribution in [0.5, 0.6) is 0 Å². The van der Waals surface area contributed by atoms with Crippen LogP contribution < -0.4 is 4.90 Å². The van der Waals surface area contributed by atoms with E-state index in [4.69, 9.17) is 0 Å². The highest BCUT2D eigenvalue weighted by Crippen LogP contribution is 2.28. The fourth-order valence-corrected chi connectivity index (χ4v) is 2.74. The predicted molar refractivity (Wildman–Crippen MR) is 81.3 cm³/mol. The Morgan fingerprint density at radius 2 is 1.95 bits per heavy atom. The van der Waals surface area contributed by atoms with E-state index < -0.39 is 11.5 Å². The van der Waals surface area contributed by atoms with Gasteiger partial charge in [0.2, 0.25) is 5.91 Å². The zero-order chi connectivity index (χ0) is 15.5. The van der Waals surface area contributed by atoms with Gasteiger partial charge in [-0.15, -0.1) is 0 Å². The molecule has 5 nitrogen and oxygen atoms in total. The third kappa shape index (κ3) is 3.24. The number of piperidine rings is 1. The minimum atomic E-state index is -0.939.